The van der Waals surface area contributed by atoms with Gasteiger partial charge in [-0.25, -0.2) is 0 Å². The molecule has 6 heterocycles. The van der Waals surface area contributed by atoms with Crippen LogP contribution in [0.25, 0.3) is 0 Å². The summed E-state index contributed by atoms with van der Waals surface area (Å²) in [5, 5.41) is 36.1. The van der Waals surface area contributed by atoms with Crippen LogP contribution in [0, 0.1) is 0 Å². The van der Waals surface area contributed by atoms with Crippen molar-refractivity contribution in [2.24, 2.45) is 0 Å². The van der Waals surface area contributed by atoms with E-state index in [9.17, 15) is 28.8 Å². The molecule has 8 rings (SSSR count). The van der Waals surface area contributed by atoms with Gasteiger partial charge in [-0.15, -0.1) is 10.2 Å². The van der Waals surface area contributed by atoms with E-state index >= 15 is 0 Å². The van der Waals surface area contributed by atoms with E-state index in [0.29, 0.717) is 63.0 Å². The Balaban J connectivity index is 0.892. The minimum atomic E-state index is -0.696. The summed E-state index contributed by atoms with van der Waals surface area (Å²) in [5.74, 6) is -1.45. The number of nitrogens with zero attached hydrogens (tertiary/aromatic N) is 8. The molecule has 386 valence electrons. The molecule has 2 aromatic heterocycles. The Labute approximate surface area is 421 Å². The van der Waals surface area contributed by atoms with Crippen molar-refractivity contribution in [1.29, 1.82) is 0 Å². The van der Waals surface area contributed by atoms with Crippen LogP contribution in [0.1, 0.15) is 138 Å². The van der Waals surface area contributed by atoms with Gasteiger partial charge in [-0.1, -0.05) is 96.8 Å². The molecular formula is C52H72N14O6. The highest BCUT2D eigenvalue weighted by Gasteiger charge is 2.46. The normalized spacial score (nSPS) is 24.1. The molecule has 4 aromatic rings. The SMILES string of the molecule is CN[C@@H](C)C(=O)N[C@H]1CCCC[C@H]2CC[C@@H](C(=O)N[C@H](c3ccccc3)c3cn(CCCCn4cc([C@@H](NC(=O)[C@@H]5CC[C@@H]6CCCC[C@H](NC(=O)[C@H](C)NC)C(=O)N65)c5ccccc5)nn4)nn3)N2C1=O. The number of likely N-dealkylation sites (N-methyl/N-ethyl adjacent to an activating group) is 2. The molecule has 20 nitrogen and oxygen atoms in total. The highest BCUT2D eigenvalue weighted by atomic mass is 16.2. The van der Waals surface area contributed by atoms with Crippen molar-refractivity contribution in [3.63, 3.8) is 0 Å². The summed E-state index contributed by atoms with van der Waals surface area (Å²) in [7, 11) is 3.40. The van der Waals surface area contributed by atoms with E-state index in [0.717, 1.165) is 62.5 Å². The van der Waals surface area contributed by atoms with E-state index in [1.165, 1.54) is 0 Å². The molecule has 20 heteroatoms. The largest absolute Gasteiger partial charge is 0.343 e. The highest BCUT2D eigenvalue weighted by molar-refractivity contribution is 5.95. The van der Waals surface area contributed by atoms with Crippen LogP contribution in [0.4, 0.5) is 0 Å². The van der Waals surface area contributed by atoms with Crippen molar-refractivity contribution in [3.8, 4) is 0 Å². The second-order valence-corrected chi connectivity index (χ2v) is 19.9. The summed E-state index contributed by atoms with van der Waals surface area (Å²) < 4.78 is 3.53. The lowest BCUT2D eigenvalue weighted by atomic mass is 9.98. The van der Waals surface area contributed by atoms with Crippen LogP contribution in [-0.2, 0) is 41.9 Å². The van der Waals surface area contributed by atoms with Gasteiger partial charge in [0.05, 0.1) is 36.6 Å². The third-order valence-electron chi connectivity index (χ3n) is 15.1. The lowest BCUT2D eigenvalue weighted by Gasteiger charge is -2.36. The van der Waals surface area contributed by atoms with Gasteiger partial charge in [-0.3, -0.25) is 38.1 Å². The van der Waals surface area contributed by atoms with Gasteiger partial charge in [0.25, 0.3) is 0 Å². The lowest BCUT2D eigenvalue weighted by molar-refractivity contribution is -0.144. The number of carbonyl (C=O) groups is 6. The summed E-state index contributed by atoms with van der Waals surface area (Å²) in [4.78, 5) is 86.0. The fourth-order valence-electron chi connectivity index (χ4n) is 10.8. The summed E-state index contributed by atoms with van der Waals surface area (Å²) in [6, 6.07) is 14.2. The molecule has 2 aromatic carbocycles. The fourth-order valence-corrected chi connectivity index (χ4v) is 10.8. The minimum absolute atomic E-state index is 0.0716. The first-order chi connectivity index (χ1) is 34.9. The van der Waals surface area contributed by atoms with Gasteiger partial charge in [0.2, 0.25) is 35.4 Å². The van der Waals surface area contributed by atoms with E-state index in [-0.39, 0.29) is 47.5 Å². The van der Waals surface area contributed by atoms with Crippen molar-refractivity contribution >= 4 is 35.4 Å². The minimum Gasteiger partial charge on any atom is -0.343 e. The predicted octanol–water partition coefficient (Wildman–Crippen LogP) is 2.81. The zero-order chi connectivity index (χ0) is 50.7. The number of carbonyl (C=O) groups excluding carboxylic acids is 6. The summed E-state index contributed by atoms with van der Waals surface area (Å²) >= 11 is 0. The quantitative estimate of drug-likeness (QED) is 0.0744. The maximum Gasteiger partial charge on any atom is 0.246 e. The number of rotatable bonds is 19. The van der Waals surface area contributed by atoms with Crippen LogP contribution in [0.3, 0.4) is 0 Å². The molecule has 0 unspecified atom stereocenters. The standard InChI is InChI=1S/C52H72N14O6/c1-33(53-3)47(67)55-39-23-13-11-21-37-25-27-43(65(37)51(39)71)49(69)57-45(35-17-7-5-8-18-35)41-31-63(61-59-41)29-15-16-30-64-32-42(60-62-64)46(36-19-9-6-10-20-36)58-50(70)44-28-26-38-22-12-14-24-40(52(72)66(38)44)56-48(68)34(2)54-4/h5-10,17-20,31-34,37-40,43-46,53-54H,11-16,21-30H2,1-4H3,(H,55,67)(H,56,68)(H,57,69)(H,58,70)/t33-,34-,37-,38-,39-,40-,43-,44-,45-,46+/m0/s1. The number of unbranched alkanes of at least 4 members (excludes halogenated alkanes) is 1. The van der Waals surface area contributed by atoms with Crippen LogP contribution in [-0.4, -0.2) is 138 Å². The van der Waals surface area contributed by atoms with Gasteiger partial charge in [0, 0.05) is 25.2 Å². The van der Waals surface area contributed by atoms with Gasteiger partial charge < -0.3 is 41.7 Å². The average Bonchev–Trinajstić information content (AvgIpc) is 4.24. The van der Waals surface area contributed by atoms with Crippen molar-refractivity contribution < 1.29 is 28.8 Å². The smallest absolute Gasteiger partial charge is 0.246 e. The highest BCUT2D eigenvalue weighted by Crippen LogP contribution is 2.34. The van der Waals surface area contributed by atoms with Crippen LogP contribution < -0.4 is 31.9 Å². The lowest BCUT2D eigenvalue weighted by Crippen LogP contribution is -2.58. The van der Waals surface area contributed by atoms with Crippen LogP contribution in [0.5, 0.6) is 0 Å². The molecule has 0 spiro atoms. The van der Waals surface area contributed by atoms with Crippen molar-refractivity contribution in [2.75, 3.05) is 14.1 Å². The molecule has 4 aliphatic rings. The summed E-state index contributed by atoms with van der Waals surface area (Å²) in [5.41, 5.74) is 2.80. The first-order valence-electron chi connectivity index (χ1n) is 26.0. The van der Waals surface area contributed by atoms with Gasteiger partial charge in [0.1, 0.15) is 35.6 Å². The molecule has 4 saturated heterocycles. The topological polar surface area (TPSA) is 242 Å². The second kappa shape index (κ2) is 24.3. The Bertz CT molecular complexity index is 2310. The van der Waals surface area contributed by atoms with Crippen LogP contribution in [0.15, 0.2) is 73.1 Å². The molecule has 0 bridgehead atoms. The van der Waals surface area contributed by atoms with E-state index < -0.39 is 48.3 Å². The third kappa shape index (κ3) is 12.2. The molecule has 4 aliphatic heterocycles. The van der Waals surface area contributed by atoms with Crippen LogP contribution in [0.2, 0.25) is 0 Å². The number of hydrogen-bond donors (Lipinski definition) is 6. The summed E-state index contributed by atoms with van der Waals surface area (Å²) in [6.07, 6.45) is 13.8. The second-order valence-electron chi connectivity index (χ2n) is 19.9. The van der Waals surface area contributed by atoms with E-state index in [4.69, 9.17) is 0 Å². The number of amides is 6. The average molecular weight is 989 g/mol. The van der Waals surface area contributed by atoms with Gasteiger partial charge in [-0.05, 0) is 103 Å². The molecule has 0 aliphatic carbocycles. The maximum atomic E-state index is 14.3. The molecule has 72 heavy (non-hydrogen) atoms. The van der Waals surface area contributed by atoms with Crippen molar-refractivity contribution in [3.05, 3.63) is 95.6 Å². The zero-order valence-electron chi connectivity index (χ0n) is 42.0. The van der Waals surface area contributed by atoms with E-state index in [2.05, 4.69) is 52.5 Å². The Morgan fingerprint density at radius 2 is 0.944 bits per heavy atom. The molecule has 6 N–H and O–H groups in total. The van der Waals surface area contributed by atoms with Gasteiger partial charge >= 0.3 is 0 Å². The Hall–Kier alpha value is -6.54. The van der Waals surface area contributed by atoms with Gasteiger partial charge in [0.15, 0.2) is 0 Å². The number of benzene rings is 2. The monoisotopic (exact) mass is 989 g/mol. The summed E-state index contributed by atoms with van der Waals surface area (Å²) in [6.45, 7) is 4.60. The number of fused-ring (bicyclic) bond motifs is 2. The Kier molecular flexibility index (Phi) is 17.4. The van der Waals surface area contributed by atoms with E-state index in [1.807, 2.05) is 73.1 Å². The van der Waals surface area contributed by atoms with Crippen molar-refractivity contribution in [2.45, 2.75) is 177 Å². The molecule has 6 amide bonds. The number of nitrogens with one attached hydrogen (secondary N) is 6. The zero-order valence-corrected chi connectivity index (χ0v) is 42.0. The predicted molar refractivity (Wildman–Crippen MR) is 267 cm³/mol. The van der Waals surface area contributed by atoms with E-state index in [1.54, 1.807) is 47.1 Å². The Morgan fingerprint density at radius 3 is 1.33 bits per heavy atom. The Morgan fingerprint density at radius 1 is 0.556 bits per heavy atom. The number of aromatic nitrogens is 6. The first-order valence-corrected chi connectivity index (χ1v) is 26.0. The number of aryl methyl sites for hydroxylation is 2. The fraction of sp³-hybridized carbons (Fsp3) is 0.577. The maximum absolute atomic E-state index is 14.3. The van der Waals surface area contributed by atoms with Gasteiger partial charge in [-0.2, -0.15) is 0 Å². The number of hydrogen-bond acceptors (Lipinski definition) is 12. The molecule has 0 radical (unpaired) electrons. The molecule has 4 fully saturated rings. The van der Waals surface area contributed by atoms with Crippen molar-refractivity contribution in [1.82, 2.24) is 71.7 Å². The third-order valence-corrected chi connectivity index (χ3v) is 15.1. The molecule has 10 atom stereocenters. The molecular weight excluding hydrogens is 917 g/mol. The molecule has 0 saturated carbocycles. The van der Waals surface area contributed by atoms with Crippen LogP contribution >= 0.6 is 0 Å². The first kappa shape index (κ1) is 51.8.